The summed E-state index contributed by atoms with van der Waals surface area (Å²) in [6, 6.07) is 12.0. The van der Waals surface area contributed by atoms with E-state index in [1.165, 1.54) is 7.11 Å². The summed E-state index contributed by atoms with van der Waals surface area (Å²) in [6.45, 7) is 7.70. The van der Waals surface area contributed by atoms with Gasteiger partial charge in [-0.1, -0.05) is 36.3 Å². The van der Waals surface area contributed by atoms with E-state index in [1.54, 1.807) is 31.5 Å². The molecule has 0 fully saturated rings. The topological polar surface area (TPSA) is 77.2 Å². The van der Waals surface area contributed by atoms with Gasteiger partial charge in [-0.15, -0.1) is 6.42 Å². The fourth-order valence-corrected chi connectivity index (χ4v) is 4.34. The average Bonchev–Trinajstić information content (AvgIpc) is 2.92. The zero-order chi connectivity index (χ0) is 26.5. The molecule has 0 saturated carbocycles. The van der Waals surface area contributed by atoms with Crippen molar-refractivity contribution in [3.63, 3.8) is 0 Å². The Morgan fingerprint density at radius 1 is 1.19 bits per heavy atom. The molecule has 2 heterocycles. The lowest BCUT2D eigenvalue weighted by atomic mass is 9.98. The van der Waals surface area contributed by atoms with Crippen molar-refractivity contribution in [2.75, 3.05) is 12.4 Å². The number of rotatable bonds is 7. The molecule has 37 heavy (non-hydrogen) atoms. The fourth-order valence-electron chi connectivity index (χ4n) is 4.34. The first kappa shape index (κ1) is 25.5. The van der Waals surface area contributed by atoms with Gasteiger partial charge >= 0.3 is 6.01 Å². The third-order valence-corrected chi connectivity index (χ3v) is 6.21. The van der Waals surface area contributed by atoms with Crippen LogP contribution >= 0.6 is 0 Å². The summed E-state index contributed by atoms with van der Waals surface area (Å²) in [5.41, 5.74) is 6.36. The Balaban J connectivity index is 1.82. The number of nitrogens with zero attached hydrogens (tertiary/aromatic N) is 2. The number of allylic oxidation sites excluding steroid dienone is 4. The highest BCUT2D eigenvalue weighted by Gasteiger charge is 2.20. The molecule has 0 radical (unpaired) electrons. The molecular formula is C31H29N3O3. The maximum Gasteiger partial charge on any atom is 0.316 e. The van der Waals surface area contributed by atoms with Gasteiger partial charge in [0, 0.05) is 45.9 Å². The van der Waals surface area contributed by atoms with E-state index in [2.05, 4.69) is 21.2 Å². The maximum atomic E-state index is 13.4. The molecule has 1 N–H and O–H groups in total. The molecule has 4 rings (SSSR count). The third kappa shape index (κ3) is 5.17. The number of terminal acetylenes is 1. The van der Waals surface area contributed by atoms with Crippen molar-refractivity contribution >= 4 is 22.2 Å². The highest BCUT2D eigenvalue weighted by atomic mass is 16.5. The smallest absolute Gasteiger partial charge is 0.316 e. The molecule has 0 saturated heterocycles. The maximum absolute atomic E-state index is 13.4. The second-order valence-corrected chi connectivity index (χ2v) is 8.73. The van der Waals surface area contributed by atoms with Crippen LogP contribution in [-0.4, -0.2) is 17.1 Å². The molecule has 1 atom stereocenters. The number of anilines is 1. The average molecular weight is 492 g/mol. The molecule has 186 valence electrons. The molecule has 0 bridgehead atoms. The van der Waals surface area contributed by atoms with Crippen LogP contribution in [0.4, 0.5) is 5.69 Å². The number of fused-ring (bicyclic) bond motifs is 1. The van der Waals surface area contributed by atoms with Gasteiger partial charge in [0.1, 0.15) is 11.3 Å². The number of para-hydroxylation sites is 1. The molecule has 4 aromatic rings. The fraction of sp³-hybridized carbons (Fsp3) is 0.194. The van der Waals surface area contributed by atoms with Gasteiger partial charge in [-0.3, -0.25) is 4.79 Å². The van der Waals surface area contributed by atoms with Crippen molar-refractivity contribution in [1.82, 2.24) is 9.97 Å². The minimum Gasteiger partial charge on any atom is -0.467 e. The first-order valence-corrected chi connectivity index (χ1v) is 12.0. The molecule has 0 spiro atoms. The minimum absolute atomic E-state index is 0.0577. The van der Waals surface area contributed by atoms with Gasteiger partial charge in [0.25, 0.3) is 0 Å². The summed E-state index contributed by atoms with van der Waals surface area (Å²) in [6.07, 6.45) is 14.1. The molecule has 1 unspecified atom stereocenters. The Morgan fingerprint density at radius 2 is 1.92 bits per heavy atom. The zero-order valence-electron chi connectivity index (χ0n) is 21.6. The van der Waals surface area contributed by atoms with E-state index in [4.69, 9.17) is 15.6 Å². The molecule has 0 aliphatic carbocycles. The van der Waals surface area contributed by atoms with E-state index < -0.39 is 0 Å². The van der Waals surface area contributed by atoms with Crippen molar-refractivity contribution in [3.8, 4) is 29.5 Å². The van der Waals surface area contributed by atoms with Crippen LogP contribution in [0.2, 0.25) is 0 Å². The van der Waals surface area contributed by atoms with Gasteiger partial charge in [-0.05, 0) is 57.5 Å². The van der Waals surface area contributed by atoms with E-state index in [9.17, 15) is 4.79 Å². The van der Waals surface area contributed by atoms with Crippen molar-refractivity contribution in [2.24, 2.45) is 0 Å². The zero-order valence-corrected chi connectivity index (χ0v) is 21.6. The monoisotopic (exact) mass is 491 g/mol. The highest BCUT2D eigenvalue weighted by Crippen LogP contribution is 2.34. The predicted octanol–water partition coefficient (Wildman–Crippen LogP) is 6.64. The molecule has 6 nitrogen and oxygen atoms in total. The first-order valence-electron chi connectivity index (χ1n) is 12.0. The van der Waals surface area contributed by atoms with Crippen LogP contribution in [0, 0.1) is 26.2 Å². The second kappa shape index (κ2) is 11.0. The predicted molar refractivity (Wildman–Crippen MR) is 150 cm³/mol. The van der Waals surface area contributed by atoms with Gasteiger partial charge in [0.05, 0.1) is 18.5 Å². The number of aryl methyl sites for hydroxylation is 1. The van der Waals surface area contributed by atoms with Gasteiger partial charge < -0.3 is 14.5 Å². The Hall–Kier alpha value is -4.63. The summed E-state index contributed by atoms with van der Waals surface area (Å²) >= 11 is 0. The van der Waals surface area contributed by atoms with Crippen molar-refractivity contribution in [1.29, 1.82) is 0 Å². The molecular weight excluding hydrogens is 462 g/mol. The van der Waals surface area contributed by atoms with Crippen LogP contribution in [0.3, 0.4) is 0 Å². The molecule has 6 heteroatoms. The number of aromatic nitrogens is 2. The third-order valence-electron chi connectivity index (χ3n) is 6.21. The van der Waals surface area contributed by atoms with E-state index in [0.717, 1.165) is 33.5 Å². The number of benzene rings is 2. The van der Waals surface area contributed by atoms with Crippen LogP contribution in [0.1, 0.15) is 42.3 Å². The first-order chi connectivity index (χ1) is 17.9. The molecule has 0 aliphatic heterocycles. The molecule has 0 amide bonds. The van der Waals surface area contributed by atoms with Crippen LogP contribution in [-0.2, 0) is 0 Å². The lowest BCUT2D eigenvalue weighted by Gasteiger charge is -2.21. The van der Waals surface area contributed by atoms with Crippen LogP contribution in [0.15, 0.2) is 76.2 Å². The highest BCUT2D eigenvalue weighted by molar-refractivity contribution is 5.86. The molecule has 2 aromatic carbocycles. The second-order valence-electron chi connectivity index (χ2n) is 8.73. The van der Waals surface area contributed by atoms with Crippen LogP contribution < -0.4 is 15.5 Å². The van der Waals surface area contributed by atoms with E-state index >= 15 is 0 Å². The quantitative estimate of drug-likeness (QED) is 0.231. The summed E-state index contributed by atoms with van der Waals surface area (Å²) in [5, 5.41) is 4.15. The summed E-state index contributed by atoms with van der Waals surface area (Å²) in [5.74, 6) is 3.01. The number of nitrogens with one attached hydrogen (secondary N) is 1. The Morgan fingerprint density at radius 3 is 2.59 bits per heavy atom. The largest absolute Gasteiger partial charge is 0.467 e. The van der Waals surface area contributed by atoms with Crippen molar-refractivity contribution < 1.29 is 9.15 Å². The van der Waals surface area contributed by atoms with Gasteiger partial charge in [-0.25, -0.2) is 9.97 Å². The summed E-state index contributed by atoms with van der Waals surface area (Å²) in [7, 11) is 1.54. The summed E-state index contributed by atoms with van der Waals surface area (Å²) in [4.78, 5) is 21.9. The number of hydrogen-bond donors (Lipinski definition) is 1. The SMILES string of the molecule is C#C/C=C\C(=C/C)c1oc2c(C(C)Nc3ccccc3-c3cnc(OC)nc3)cc(C)cc2c(=O)c1C. The van der Waals surface area contributed by atoms with Crippen LogP contribution in [0.5, 0.6) is 6.01 Å². The number of methoxy groups -OCH3 is 1. The number of ether oxygens (including phenoxy) is 1. The normalized spacial score (nSPS) is 12.5. The van der Waals surface area contributed by atoms with Crippen molar-refractivity contribution in [3.05, 3.63) is 99.7 Å². The number of hydrogen-bond acceptors (Lipinski definition) is 6. The minimum atomic E-state index is -0.184. The van der Waals surface area contributed by atoms with Crippen LogP contribution in [0.25, 0.3) is 27.7 Å². The standard InChI is InChI=1S/C31H29N3O3/c1-7-9-12-22(8-2)29-20(4)28(35)26-16-19(3)15-25(30(26)37-29)21(5)34-27-14-11-10-13-24(27)23-17-32-31(36-6)33-18-23/h1,8-18,21,34H,2-6H3/b12-9-,22-8+. The van der Waals surface area contributed by atoms with Gasteiger partial charge in [0.15, 0.2) is 5.43 Å². The Bertz CT molecular complexity index is 1610. The summed E-state index contributed by atoms with van der Waals surface area (Å²) < 4.78 is 11.5. The van der Waals surface area contributed by atoms with E-state index in [-0.39, 0.29) is 11.5 Å². The van der Waals surface area contributed by atoms with Crippen molar-refractivity contribution in [2.45, 2.75) is 33.7 Å². The van der Waals surface area contributed by atoms with E-state index in [0.29, 0.717) is 28.3 Å². The van der Waals surface area contributed by atoms with Gasteiger partial charge in [0.2, 0.25) is 0 Å². The lowest BCUT2D eigenvalue weighted by molar-refractivity contribution is 0.380. The molecule has 2 aromatic heterocycles. The Labute approximate surface area is 216 Å². The lowest BCUT2D eigenvalue weighted by Crippen LogP contribution is -2.13. The Kier molecular flexibility index (Phi) is 7.55. The van der Waals surface area contributed by atoms with E-state index in [1.807, 2.05) is 63.2 Å². The van der Waals surface area contributed by atoms with Gasteiger partial charge in [-0.2, -0.15) is 0 Å². The molecule has 0 aliphatic rings.